The summed E-state index contributed by atoms with van der Waals surface area (Å²) in [5, 5.41) is 6.49. The van der Waals surface area contributed by atoms with Crippen LogP contribution in [0.5, 0.6) is 0 Å². The summed E-state index contributed by atoms with van der Waals surface area (Å²) in [4.78, 5) is 15.6. The van der Waals surface area contributed by atoms with E-state index in [0.29, 0.717) is 17.5 Å². The summed E-state index contributed by atoms with van der Waals surface area (Å²) >= 11 is 5.80. The first-order valence-corrected chi connectivity index (χ1v) is 12.8. The number of hydrogen-bond donors (Lipinski definition) is 2. The number of carbonyl (C=O) groups excluding carboxylic acids is 1. The van der Waals surface area contributed by atoms with Crippen LogP contribution in [0.3, 0.4) is 0 Å². The molecule has 1 heterocycles. The number of nitrogens with zero attached hydrogens (tertiary/aromatic N) is 1. The van der Waals surface area contributed by atoms with Crippen molar-refractivity contribution in [2.75, 3.05) is 31.2 Å². The average Bonchev–Trinajstić information content (AvgIpc) is 2.81. The topological polar surface area (TPSA) is 62.8 Å². The molecule has 33 heavy (non-hydrogen) atoms. The van der Waals surface area contributed by atoms with Crippen molar-refractivity contribution in [2.24, 2.45) is 11.8 Å². The summed E-state index contributed by atoms with van der Waals surface area (Å²) in [6, 6.07) is 8.35. The number of morpholine rings is 1. The molecule has 1 amide bonds. The van der Waals surface area contributed by atoms with Gasteiger partial charge in [0.2, 0.25) is 0 Å². The molecule has 1 aliphatic heterocycles. The Morgan fingerprint density at radius 2 is 1.79 bits per heavy atom. The lowest BCUT2D eigenvalue weighted by molar-refractivity contribution is 0.0494. The normalized spacial score (nSPS) is 19.5. The minimum atomic E-state index is -0.542. The molecule has 1 aromatic carbocycles. The van der Waals surface area contributed by atoms with E-state index >= 15 is 0 Å². The molecule has 0 aromatic heterocycles. The first-order chi connectivity index (χ1) is 15.7. The van der Waals surface area contributed by atoms with Crippen LogP contribution in [0.2, 0.25) is 0 Å². The summed E-state index contributed by atoms with van der Waals surface area (Å²) in [7, 11) is 0. The van der Waals surface area contributed by atoms with Gasteiger partial charge in [0.15, 0.2) is 0 Å². The zero-order valence-corrected chi connectivity index (χ0v) is 21.5. The molecule has 1 aliphatic carbocycles. The first kappa shape index (κ1) is 25.8. The van der Waals surface area contributed by atoms with E-state index < -0.39 is 11.7 Å². The van der Waals surface area contributed by atoms with Crippen molar-refractivity contribution in [1.82, 2.24) is 10.6 Å². The smallest absolute Gasteiger partial charge is 0.408 e. The number of anilines is 1. The molecule has 2 atom stereocenters. The summed E-state index contributed by atoms with van der Waals surface area (Å²) < 4.78 is 11.0. The standard InChI is InChI=1S/C26H41N3O3S/c1-19(21-8-6-5-7-9-21)23(28-25(30)32-26(2,3)4)24(33)27-18-20-10-12-22(13-11-20)29-14-16-31-17-15-29/h10-13,19,21,23H,5-9,14-18H2,1-4H3,(H,27,33)(H,28,30)/t19?,23-/m1/s1. The van der Waals surface area contributed by atoms with Gasteiger partial charge in [-0.15, -0.1) is 0 Å². The second-order valence-electron chi connectivity index (χ2n) is 10.4. The molecule has 6 nitrogen and oxygen atoms in total. The molecule has 1 saturated carbocycles. The summed E-state index contributed by atoms with van der Waals surface area (Å²) in [6.07, 6.45) is 5.79. The fraction of sp³-hybridized carbons (Fsp3) is 0.692. The molecule has 1 saturated heterocycles. The van der Waals surface area contributed by atoms with E-state index in [1.165, 1.54) is 37.8 Å². The predicted octanol–water partition coefficient (Wildman–Crippen LogP) is 5.05. The van der Waals surface area contributed by atoms with Gasteiger partial charge in [-0.1, -0.05) is 63.4 Å². The molecule has 1 aromatic rings. The van der Waals surface area contributed by atoms with Crippen molar-refractivity contribution in [3.8, 4) is 0 Å². The summed E-state index contributed by atoms with van der Waals surface area (Å²) in [6.45, 7) is 11.9. The lowest BCUT2D eigenvalue weighted by Gasteiger charge is -2.35. The van der Waals surface area contributed by atoms with Gasteiger partial charge in [0.05, 0.1) is 24.2 Å². The third-order valence-electron chi connectivity index (χ3n) is 6.65. The monoisotopic (exact) mass is 475 g/mol. The van der Waals surface area contributed by atoms with E-state index in [0.717, 1.165) is 31.9 Å². The number of carbonyl (C=O) groups is 1. The van der Waals surface area contributed by atoms with E-state index in [1.807, 2.05) is 20.8 Å². The van der Waals surface area contributed by atoms with Gasteiger partial charge in [-0.2, -0.15) is 0 Å². The van der Waals surface area contributed by atoms with Crippen molar-refractivity contribution in [3.05, 3.63) is 29.8 Å². The number of hydrogen-bond acceptors (Lipinski definition) is 5. The van der Waals surface area contributed by atoms with Gasteiger partial charge < -0.3 is 25.0 Å². The summed E-state index contributed by atoms with van der Waals surface area (Å²) in [5.41, 5.74) is 1.84. The fourth-order valence-electron chi connectivity index (χ4n) is 4.75. The van der Waals surface area contributed by atoms with Gasteiger partial charge in [0, 0.05) is 25.3 Å². The van der Waals surface area contributed by atoms with Crippen LogP contribution >= 0.6 is 12.2 Å². The molecule has 2 aliphatic rings. The minimum absolute atomic E-state index is 0.245. The quantitative estimate of drug-likeness (QED) is 0.538. The van der Waals surface area contributed by atoms with Gasteiger partial charge in [-0.05, 0) is 50.3 Å². The van der Waals surface area contributed by atoms with Crippen LogP contribution in [-0.2, 0) is 16.0 Å². The number of alkyl carbamates (subject to hydrolysis) is 1. The Hall–Kier alpha value is -1.86. The Kier molecular flexibility index (Phi) is 9.38. The molecule has 0 spiro atoms. The van der Waals surface area contributed by atoms with E-state index in [9.17, 15) is 4.79 Å². The molecule has 1 unspecified atom stereocenters. The molecule has 2 fully saturated rings. The van der Waals surface area contributed by atoms with Gasteiger partial charge in [0.1, 0.15) is 5.60 Å². The third kappa shape index (κ3) is 8.14. The highest BCUT2D eigenvalue weighted by atomic mass is 32.1. The molecule has 7 heteroatoms. The van der Waals surface area contributed by atoms with E-state index in [4.69, 9.17) is 21.7 Å². The molecule has 0 bridgehead atoms. The number of rotatable bonds is 7. The molecule has 0 radical (unpaired) electrons. The van der Waals surface area contributed by atoms with Crippen LogP contribution < -0.4 is 15.5 Å². The Morgan fingerprint density at radius 1 is 1.15 bits per heavy atom. The lowest BCUT2D eigenvalue weighted by Crippen LogP contribution is -2.52. The van der Waals surface area contributed by atoms with Crippen LogP contribution in [-0.4, -0.2) is 49.0 Å². The SMILES string of the molecule is CC(C1CCCCC1)[C@@H](NC(=O)OC(C)(C)C)C(=S)NCc1ccc(N2CCOCC2)cc1. The number of amides is 1. The molecular weight excluding hydrogens is 434 g/mol. The molecular formula is C26H41N3O3S. The van der Waals surface area contributed by atoms with Gasteiger partial charge in [0.25, 0.3) is 0 Å². The Bertz CT molecular complexity index is 766. The Balaban J connectivity index is 1.61. The van der Waals surface area contributed by atoms with E-state index in [-0.39, 0.29) is 12.0 Å². The second-order valence-corrected chi connectivity index (χ2v) is 10.8. The van der Waals surface area contributed by atoms with Gasteiger partial charge >= 0.3 is 6.09 Å². The Morgan fingerprint density at radius 3 is 2.39 bits per heavy atom. The largest absolute Gasteiger partial charge is 0.444 e. The second kappa shape index (κ2) is 12.0. The lowest BCUT2D eigenvalue weighted by atomic mass is 9.77. The average molecular weight is 476 g/mol. The van der Waals surface area contributed by atoms with Crippen LogP contribution in [0, 0.1) is 11.8 Å². The molecule has 184 valence electrons. The van der Waals surface area contributed by atoms with E-state index in [2.05, 4.69) is 46.7 Å². The van der Waals surface area contributed by atoms with Gasteiger partial charge in [-0.3, -0.25) is 0 Å². The summed E-state index contributed by atoms with van der Waals surface area (Å²) in [5.74, 6) is 0.813. The maximum absolute atomic E-state index is 12.6. The molecule has 2 N–H and O–H groups in total. The third-order valence-corrected chi connectivity index (χ3v) is 7.05. The van der Waals surface area contributed by atoms with Crippen LogP contribution in [0.15, 0.2) is 24.3 Å². The van der Waals surface area contributed by atoms with Crippen molar-refractivity contribution in [2.45, 2.75) is 78.0 Å². The Labute approximate surface area is 204 Å². The zero-order chi connectivity index (χ0) is 23.8. The van der Waals surface area contributed by atoms with Gasteiger partial charge in [-0.25, -0.2) is 4.79 Å². The number of thiocarbonyl (C=S) groups is 1. The highest BCUT2D eigenvalue weighted by Crippen LogP contribution is 2.32. The maximum Gasteiger partial charge on any atom is 0.408 e. The predicted molar refractivity (Wildman–Crippen MR) is 138 cm³/mol. The van der Waals surface area contributed by atoms with Crippen molar-refractivity contribution >= 4 is 29.0 Å². The zero-order valence-electron chi connectivity index (χ0n) is 20.7. The maximum atomic E-state index is 12.6. The van der Waals surface area contributed by atoms with Crippen LogP contribution in [0.1, 0.15) is 65.4 Å². The van der Waals surface area contributed by atoms with Crippen molar-refractivity contribution in [3.63, 3.8) is 0 Å². The number of ether oxygens (including phenoxy) is 2. The van der Waals surface area contributed by atoms with Crippen LogP contribution in [0.25, 0.3) is 0 Å². The van der Waals surface area contributed by atoms with Crippen LogP contribution in [0.4, 0.5) is 10.5 Å². The number of nitrogens with one attached hydrogen (secondary N) is 2. The minimum Gasteiger partial charge on any atom is -0.444 e. The first-order valence-electron chi connectivity index (χ1n) is 12.4. The highest BCUT2D eigenvalue weighted by Gasteiger charge is 2.32. The van der Waals surface area contributed by atoms with E-state index in [1.54, 1.807) is 0 Å². The molecule has 3 rings (SSSR count). The number of benzene rings is 1. The fourth-order valence-corrected chi connectivity index (χ4v) is 5.09. The van der Waals surface area contributed by atoms with Crippen molar-refractivity contribution < 1.29 is 14.3 Å². The van der Waals surface area contributed by atoms with Crippen molar-refractivity contribution in [1.29, 1.82) is 0 Å². The highest BCUT2D eigenvalue weighted by molar-refractivity contribution is 7.80.